The number of hydrogen-bond donors (Lipinski definition) is 1. The number of carbonyl (C=O) groups is 1. The highest BCUT2D eigenvalue weighted by Gasteiger charge is 2.09. The Morgan fingerprint density at radius 1 is 1.53 bits per heavy atom. The van der Waals surface area contributed by atoms with Crippen molar-refractivity contribution in [2.24, 2.45) is 0 Å². The Morgan fingerprint density at radius 2 is 2.20 bits per heavy atom. The molecule has 0 bridgehead atoms. The predicted molar refractivity (Wildman–Crippen MR) is 61.9 cm³/mol. The molecular formula is C10H11Cl2NO2. The van der Waals surface area contributed by atoms with Crippen LogP contribution >= 0.6 is 23.2 Å². The van der Waals surface area contributed by atoms with Gasteiger partial charge in [0.05, 0.1) is 23.7 Å². The molecule has 0 aliphatic heterocycles. The molecule has 1 aromatic rings. The lowest BCUT2D eigenvalue weighted by atomic mass is 10.2. The zero-order chi connectivity index (χ0) is 11.4. The normalized spacial score (nSPS) is 9.87. The molecule has 1 amide bonds. The van der Waals surface area contributed by atoms with E-state index in [0.717, 1.165) is 5.56 Å². The summed E-state index contributed by atoms with van der Waals surface area (Å²) in [4.78, 5) is 10.9. The van der Waals surface area contributed by atoms with Gasteiger partial charge >= 0.3 is 0 Å². The van der Waals surface area contributed by atoms with Crippen LogP contribution in [0.2, 0.25) is 5.02 Å². The molecule has 15 heavy (non-hydrogen) atoms. The largest absolute Gasteiger partial charge is 0.496 e. The van der Waals surface area contributed by atoms with Crippen LogP contribution < -0.4 is 10.1 Å². The summed E-state index contributed by atoms with van der Waals surface area (Å²) in [6.45, 7) is 1.41. The van der Waals surface area contributed by atoms with E-state index in [1.54, 1.807) is 12.1 Å². The van der Waals surface area contributed by atoms with Gasteiger partial charge in [0.2, 0.25) is 5.91 Å². The lowest BCUT2D eigenvalue weighted by molar-refractivity contribution is -0.114. The van der Waals surface area contributed by atoms with Gasteiger partial charge in [0.15, 0.2) is 0 Å². The number of hydrogen-bond acceptors (Lipinski definition) is 2. The minimum Gasteiger partial charge on any atom is -0.496 e. The predicted octanol–water partition coefficient (Wildman–Crippen LogP) is 3.05. The maximum absolute atomic E-state index is 10.9. The van der Waals surface area contributed by atoms with Crippen LogP contribution in [0.15, 0.2) is 12.1 Å². The van der Waals surface area contributed by atoms with Crippen molar-refractivity contribution in [2.75, 3.05) is 12.4 Å². The van der Waals surface area contributed by atoms with Gasteiger partial charge in [-0.05, 0) is 6.07 Å². The second-order valence-corrected chi connectivity index (χ2v) is 3.63. The zero-order valence-corrected chi connectivity index (χ0v) is 9.95. The summed E-state index contributed by atoms with van der Waals surface area (Å²) >= 11 is 11.7. The number of methoxy groups -OCH3 is 1. The van der Waals surface area contributed by atoms with E-state index in [1.165, 1.54) is 14.0 Å². The maximum atomic E-state index is 10.9. The van der Waals surface area contributed by atoms with Crippen molar-refractivity contribution < 1.29 is 9.53 Å². The zero-order valence-electron chi connectivity index (χ0n) is 8.43. The Balaban J connectivity index is 3.13. The standard InChI is InChI=1S/C10H11Cl2NO2/c1-6(14)13-9-4-10(15-2)7(5-11)3-8(9)12/h3-4H,5H2,1-2H3,(H,13,14). The number of ether oxygens (including phenoxy) is 1. The molecule has 0 saturated carbocycles. The monoisotopic (exact) mass is 247 g/mol. The molecule has 1 N–H and O–H groups in total. The fourth-order valence-electron chi connectivity index (χ4n) is 1.17. The molecule has 0 atom stereocenters. The number of alkyl halides is 1. The molecule has 82 valence electrons. The van der Waals surface area contributed by atoms with E-state index < -0.39 is 0 Å². The minimum absolute atomic E-state index is 0.183. The Morgan fingerprint density at radius 3 is 2.67 bits per heavy atom. The number of nitrogens with one attached hydrogen (secondary N) is 1. The first-order valence-electron chi connectivity index (χ1n) is 4.28. The van der Waals surface area contributed by atoms with Crippen LogP contribution in [0, 0.1) is 0 Å². The summed E-state index contributed by atoms with van der Waals surface area (Å²) in [7, 11) is 1.54. The smallest absolute Gasteiger partial charge is 0.221 e. The lowest BCUT2D eigenvalue weighted by Gasteiger charge is -2.11. The van der Waals surface area contributed by atoms with Crippen LogP contribution in [0.5, 0.6) is 5.75 Å². The summed E-state index contributed by atoms with van der Waals surface area (Å²) in [5, 5.41) is 3.05. The van der Waals surface area contributed by atoms with Gasteiger partial charge in [0.25, 0.3) is 0 Å². The van der Waals surface area contributed by atoms with Crippen molar-refractivity contribution in [1.82, 2.24) is 0 Å². The van der Waals surface area contributed by atoms with Gasteiger partial charge in [0.1, 0.15) is 5.75 Å². The van der Waals surface area contributed by atoms with Crippen LogP contribution in [0.25, 0.3) is 0 Å². The fraction of sp³-hybridized carbons (Fsp3) is 0.300. The summed E-state index contributed by atoms with van der Waals surface area (Å²) in [6.07, 6.45) is 0. The SMILES string of the molecule is COc1cc(NC(C)=O)c(Cl)cc1CCl. The minimum atomic E-state index is -0.183. The van der Waals surface area contributed by atoms with E-state index >= 15 is 0 Å². The van der Waals surface area contributed by atoms with Gasteiger partial charge in [-0.3, -0.25) is 4.79 Å². The third-order valence-corrected chi connectivity index (χ3v) is 2.43. The Hall–Kier alpha value is -0.930. The maximum Gasteiger partial charge on any atom is 0.221 e. The van der Waals surface area contributed by atoms with Crippen molar-refractivity contribution in [2.45, 2.75) is 12.8 Å². The molecule has 0 spiro atoms. The molecule has 5 heteroatoms. The van der Waals surface area contributed by atoms with Crippen LogP contribution in [0.1, 0.15) is 12.5 Å². The van der Waals surface area contributed by atoms with Crippen LogP contribution in [-0.2, 0) is 10.7 Å². The fourth-order valence-corrected chi connectivity index (χ4v) is 1.62. The Kier molecular flexibility index (Phi) is 4.24. The second-order valence-electron chi connectivity index (χ2n) is 2.96. The van der Waals surface area contributed by atoms with E-state index in [0.29, 0.717) is 22.3 Å². The Labute approximate surface area is 98.3 Å². The third kappa shape index (κ3) is 3.01. The van der Waals surface area contributed by atoms with Crippen molar-refractivity contribution in [1.29, 1.82) is 0 Å². The van der Waals surface area contributed by atoms with Gasteiger partial charge in [-0.1, -0.05) is 11.6 Å². The number of anilines is 1. The van der Waals surface area contributed by atoms with Crippen LogP contribution in [0.4, 0.5) is 5.69 Å². The number of halogens is 2. The van der Waals surface area contributed by atoms with Gasteiger partial charge in [-0.2, -0.15) is 0 Å². The molecule has 0 aromatic heterocycles. The van der Waals surface area contributed by atoms with Crippen LogP contribution in [-0.4, -0.2) is 13.0 Å². The average molecular weight is 248 g/mol. The van der Waals surface area contributed by atoms with Gasteiger partial charge in [-0.15, -0.1) is 11.6 Å². The van der Waals surface area contributed by atoms with Crippen molar-refractivity contribution in [3.05, 3.63) is 22.7 Å². The molecule has 0 fully saturated rings. The molecule has 0 aliphatic rings. The molecule has 0 aliphatic carbocycles. The molecule has 1 aromatic carbocycles. The number of amides is 1. The quantitative estimate of drug-likeness (QED) is 0.835. The second kappa shape index (κ2) is 5.24. The first-order valence-corrected chi connectivity index (χ1v) is 5.19. The summed E-state index contributed by atoms with van der Waals surface area (Å²) in [5.74, 6) is 0.735. The number of rotatable bonds is 3. The average Bonchev–Trinajstić information content (AvgIpc) is 2.19. The van der Waals surface area contributed by atoms with E-state index in [2.05, 4.69) is 5.32 Å². The van der Waals surface area contributed by atoms with Crippen LogP contribution in [0.3, 0.4) is 0 Å². The van der Waals surface area contributed by atoms with Crippen molar-refractivity contribution >= 4 is 34.8 Å². The summed E-state index contributed by atoms with van der Waals surface area (Å²) < 4.78 is 5.12. The van der Waals surface area contributed by atoms with E-state index in [-0.39, 0.29) is 5.91 Å². The molecule has 0 unspecified atom stereocenters. The lowest BCUT2D eigenvalue weighted by Crippen LogP contribution is -2.06. The molecule has 1 rings (SSSR count). The molecule has 0 saturated heterocycles. The third-order valence-electron chi connectivity index (χ3n) is 1.82. The highest BCUT2D eigenvalue weighted by molar-refractivity contribution is 6.34. The number of carbonyl (C=O) groups excluding carboxylic acids is 1. The molecule has 0 radical (unpaired) electrons. The van der Waals surface area contributed by atoms with Gasteiger partial charge < -0.3 is 10.1 Å². The van der Waals surface area contributed by atoms with Gasteiger partial charge in [0, 0.05) is 18.6 Å². The summed E-state index contributed by atoms with van der Waals surface area (Å²) in [6, 6.07) is 3.33. The highest BCUT2D eigenvalue weighted by atomic mass is 35.5. The summed E-state index contributed by atoms with van der Waals surface area (Å²) in [5.41, 5.74) is 1.31. The van der Waals surface area contributed by atoms with Crippen molar-refractivity contribution in [3.8, 4) is 5.75 Å². The Bertz CT molecular complexity index is 380. The van der Waals surface area contributed by atoms with Gasteiger partial charge in [-0.25, -0.2) is 0 Å². The van der Waals surface area contributed by atoms with E-state index in [9.17, 15) is 4.79 Å². The molecule has 3 nitrogen and oxygen atoms in total. The topological polar surface area (TPSA) is 38.3 Å². The first kappa shape index (κ1) is 12.1. The number of benzene rings is 1. The molecule has 0 heterocycles. The highest BCUT2D eigenvalue weighted by Crippen LogP contribution is 2.31. The first-order chi connectivity index (χ1) is 7.08. The van der Waals surface area contributed by atoms with Crippen molar-refractivity contribution in [3.63, 3.8) is 0 Å². The van der Waals surface area contributed by atoms with E-state index in [4.69, 9.17) is 27.9 Å². The molecular weight excluding hydrogens is 237 g/mol. The van der Waals surface area contributed by atoms with E-state index in [1.807, 2.05) is 0 Å².